The van der Waals surface area contributed by atoms with E-state index in [0.717, 1.165) is 24.2 Å². The van der Waals surface area contributed by atoms with Crippen LogP contribution in [0.3, 0.4) is 0 Å². The zero-order valence-electron chi connectivity index (χ0n) is 15.4. The number of hydrogen-bond acceptors (Lipinski definition) is 5. The second-order valence-electron chi connectivity index (χ2n) is 7.32. The van der Waals surface area contributed by atoms with Gasteiger partial charge >= 0.3 is 6.09 Å². The third kappa shape index (κ3) is 4.22. The van der Waals surface area contributed by atoms with Crippen molar-refractivity contribution in [2.45, 2.75) is 52.2 Å². The molecule has 0 radical (unpaired) electrons. The van der Waals surface area contributed by atoms with Crippen molar-refractivity contribution in [3.63, 3.8) is 0 Å². The minimum absolute atomic E-state index is 0.0162. The number of aryl methyl sites for hydroxylation is 2. The summed E-state index contributed by atoms with van der Waals surface area (Å²) in [6.07, 6.45) is 1.28. The zero-order valence-corrected chi connectivity index (χ0v) is 16.2. The number of hydrogen-bond donors (Lipinski definition) is 2. The molecule has 6 nitrogen and oxygen atoms in total. The normalized spacial score (nSPS) is 16.1. The van der Waals surface area contributed by atoms with E-state index in [1.54, 1.807) is 27.7 Å². The smallest absolute Gasteiger partial charge is 0.413 e. The highest BCUT2D eigenvalue weighted by atomic mass is 32.1. The Hall–Kier alpha value is -2.41. The van der Waals surface area contributed by atoms with E-state index in [4.69, 9.17) is 4.74 Å². The lowest BCUT2D eigenvalue weighted by atomic mass is 10.1. The lowest BCUT2D eigenvalue weighted by Crippen LogP contribution is -2.27. The molecule has 7 heteroatoms. The molecule has 1 aliphatic carbocycles. The Balaban J connectivity index is 1.67. The maximum Gasteiger partial charge on any atom is 0.413 e. The van der Waals surface area contributed by atoms with Crippen LogP contribution in [-0.4, -0.2) is 22.6 Å². The number of nitrogens with zero attached hydrogens (tertiary/aromatic N) is 1. The highest BCUT2D eigenvalue weighted by Crippen LogP contribution is 2.32. The van der Waals surface area contributed by atoms with Crippen molar-refractivity contribution in [2.24, 2.45) is 0 Å². The maximum absolute atomic E-state index is 12.7. The molecule has 1 aromatic heterocycles. The summed E-state index contributed by atoms with van der Waals surface area (Å²) in [6.45, 7) is 7.13. The molecule has 3 rings (SSSR count). The molecule has 1 unspecified atom stereocenters. The van der Waals surface area contributed by atoms with E-state index in [1.807, 2.05) is 12.1 Å². The molecule has 138 valence electrons. The summed E-state index contributed by atoms with van der Waals surface area (Å²) >= 11 is 1.15. The number of carbonyl (C=O) groups is 2. The number of benzene rings is 1. The van der Waals surface area contributed by atoms with Crippen molar-refractivity contribution < 1.29 is 14.3 Å². The summed E-state index contributed by atoms with van der Waals surface area (Å²) < 4.78 is 5.21. The van der Waals surface area contributed by atoms with E-state index < -0.39 is 11.7 Å². The standard InChI is InChI=1S/C19H23N3O3S/c1-11-15(26-17(20-11)22-18(24)25-19(2,3)4)16(23)21-14-10-9-12-7-5-6-8-13(12)14/h5-8,14H,9-10H2,1-4H3,(H,21,23)(H,20,22,24). The molecule has 2 aromatic rings. The van der Waals surface area contributed by atoms with Gasteiger partial charge in [-0.3, -0.25) is 10.1 Å². The molecule has 0 aliphatic heterocycles. The average Bonchev–Trinajstić information content (AvgIpc) is 3.09. The molecule has 2 amide bonds. The quantitative estimate of drug-likeness (QED) is 0.844. The fraction of sp³-hybridized carbons (Fsp3) is 0.421. The van der Waals surface area contributed by atoms with Crippen molar-refractivity contribution in [2.75, 3.05) is 5.32 Å². The fourth-order valence-electron chi connectivity index (χ4n) is 2.98. The van der Waals surface area contributed by atoms with Crippen molar-refractivity contribution >= 4 is 28.5 Å². The lowest BCUT2D eigenvalue weighted by molar-refractivity contribution is 0.0635. The summed E-state index contributed by atoms with van der Waals surface area (Å²) in [5, 5.41) is 6.03. The van der Waals surface area contributed by atoms with Crippen molar-refractivity contribution in [3.8, 4) is 0 Å². The first-order valence-electron chi connectivity index (χ1n) is 8.59. The predicted molar refractivity (Wildman–Crippen MR) is 102 cm³/mol. The molecule has 1 heterocycles. The number of ether oxygens (including phenoxy) is 1. The number of anilines is 1. The fourth-order valence-corrected chi connectivity index (χ4v) is 3.84. The van der Waals surface area contributed by atoms with E-state index in [9.17, 15) is 9.59 Å². The summed E-state index contributed by atoms with van der Waals surface area (Å²) in [6, 6.07) is 8.18. The zero-order chi connectivity index (χ0) is 18.9. The van der Waals surface area contributed by atoms with Gasteiger partial charge < -0.3 is 10.1 Å². The van der Waals surface area contributed by atoms with Gasteiger partial charge in [-0.25, -0.2) is 9.78 Å². The summed E-state index contributed by atoms with van der Waals surface area (Å²) in [5.41, 5.74) is 2.46. The molecule has 1 aromatic carbocycles. The first-order chi connectivity index (χ1) is 12.2. The van der Waals surface area contributed by atoms with Crippen LogP contribution in [0.4, 0.5) is 9.93 Å². The van der Waals surface area contributed by atoms with Crippen LogP contribution in [-0.2, 0) is 11.2 Å². The van der Waals surface area contributed by atoms with Crippen LogP contribution in [0.15, 0.2) is 24.3 Å². The molecule has 0 bridgehead atoms. The van der Waals surface area contributed by atoms with Crippen LogP contribution in [0, 0.1) is 6.92 Å². The first-order valence-corrected chi connectivity index (χ1v) is 9.40. The summed E-state index contributed by atoms with van der Waals surface area (Å²) in [7, 11) is 0. The number of carbonyl (C=O) groups excluding carboxylic acids is 2. The Morgan fingerprint density at radius 1 is 1.27 bits per heavy atom. The van der Waals surface area contributed by atoms with Crippen LogP contribution in [0.1, 0.15) is 59.7 Å². The molecule has 26 heavy (non-hydrogen) atoms. The molecule has 0 saturated carbocycles. The summed E-state index contributed by atoms with van der Waals surface area (Å²) in [4.78, 5) is 29.3. The Morgan fingerprint density at radius 3 is 2.73 bits per heavy atom. The highest BCUT2D eigenvalue weighted by molar-refractivity contribution is 7.17. The molecule has 2 N–H and O–H groups in total. The molecule has 1 aliphatic rings. The van der Waals surface area contributed by atoms with Crippen LogP contribution < -0.4 is 10.6 Å². The number of fused-ring (bicyclic) bond motifs is 1. The van der Waals surface area contributed by atoms with Gasteiger partial charge in [-0.15, -0.1) is 0 Å². The molecule has 0 fully saturated rings. The van der Waals surface area contributed by atoms with Crippen LogP contribution >= 0.6 is 11.3 Å². The van der Waals surface area contributed by atoms with Gasteiger partial charge in [0.05, 0.1) is 11.7 Å². The van der Waals surface area contributed by atoms with Gasteiger partial charge in [-0.05, 0) is 51.7 Å². The van der Waals surface area contributed by atoms with Crippen molar-refractivity contribution in [3.05, 3.63) is 46.0 Å². The van der Waals surface area contributed by atoms with E-state index in [0.29, 0.717) is 15.7 Å². The Labute approximate surface area is 157 Å². The number of thiazole rings is 1. The second kappa shape index (κ2) is 7.07. The molecular weight excluding hydrogens is 350 g/mol. The van der Waals surface area contributed by atoms with Gasteiger partial charge in [0.25, 0.3) is 5.91 Å². The van der Waals surface area contributed by atoms with Gasteiger partial charge in [0.1, 0.15) is 10.5 Å². The van der Waals surface area contributed by atoms with Crippen LogP contribution in [0.25, 0.3) is 0 Å². The SMILES string of the molecule is Cc1nc(NC(=O)OC(C)(C)C)sc1C(=O)NC1CCc2ccccc21. The lowest BCUT2D eigenvalue weighted by Gasteiger charge is -2.18. The molecule has 0 saturated heterocycles. The van der Waals surface area contributed by atoms with Gasteiger partial charge in [0, 0.05) is 0 Å². The summed E-state index contributed by atoms with van der Waals surface area (Å²) in [5.74, 6) is -0.168. The average molecular weight is 373 g/mol. The number of rotatable bonds is 3. The number of aromatic nitrogens is 1. The van der Waals surface area contributed by atoms with E-state index in [2.05, 4.69) is 27.8 Å². The number of amides is 2. The topological polar surface area (TPSA) is 80.3 Å². The van der Waals surface area contributed by atoms with E-state index in [1.165, 1.54) is 11.1 Å². The molecule has 0 spiro atoms. The first kappa shape index (κ1) is 18.4. The van der Waals surface area contributed by atoms with Gasteiger partial charge in [-0.2, -0.15) is 0 Å². The maximum atomic E-state index is 12.7. The van der Waals surface area contributed by atoms with Gasteiger partial charge in [0.2, 0.25) is 0 Å². The minimum Gasteiger partial charge on any atom is -0.444 e. The van der Waals surface area contributed by atoms with Crippen molar-refractivity contribution in [1.82, 2.24) is 10.3 Å². The molecular formula is C19H23N3O3S. The Bertz CT molecular complexity index is 839. The second-order valence-corrected chi connectivity index (χ2v) is 8.32. The largest absolute Gasteiger partial charge is 0.444 e. The van der Waals surface area contributed by atoms with Gasteiger partial charge in [-0.1, -0.05) is 35.6 Å². The predicted octanol–water partition coefficient (Wildman–Crippen LogP) is 4.22. The van der Waals surface area contributed by atoms with Crippen molar-refractivity contribution in [1.29, 1.82) is 0 Å². The monoisotopic (exact) mass is 373 g/mol. The van der Waals surface area contributed by atoms with Crippen LogP contribution in [0.2, 0.25) is 0 Å². The Kier molecular flexibility index (Phi) is 5.00. The third-order valence-electron chi connectivity index (χ3n) is 4.05. The minimum atomic E-state index is -0.591. The Morgan fingerprint density at radius 2 is 2.00 bits per heavy atom. The molecule has 1 atom stereocenters. The highest BCUT2D eigenvalue weighted by Gasteiger charge is 2.26. The van der Waals surface area contributed by atoms with E-state index in [-0.39, 0.29) is 11.9 Å². The van der Waals surface area contributed by atoms with Crippen LogP contribution in [0.5, 0.6) is 0 Å². The van der Waals surface area contributed by atoms with Gasteiger partial charge in [0.15, 0.2) is 5.13 Å². The third-order valence-corrected chi connectivity index (χ3v) is 5.12. The van der Waals surface area contributed by atoms with E-state index >= 15 is 0 Å². The number of nitrogens with one attached hydrogen (secondary N) is 2.